The molecule has 1 unspecified atom stereocenters. The van der Waals surface area contributed by atoms with Crippen molar-refractivity contribution in [3.05, 3.63) is 0 Å². The van der Waals surface area contributed by atoms with Crippen molar-refractivity contribution < 1.29 is 9.90 Å². The molecule has 4 heteroatoms. The van der Waals surface area contributed by atoms with E-state index in [1.54, 1.807) is 0 Å². The Bertz CT molecular complexity index is 338. The Labute approximate surface area is 121 Å². The number of carboxylic acids is 1. The quantitative estimate of drug-likeness (QED) is 0.811. The molecule has 0 radical (unpaired) electrons. The van der Waals surface area contributed by atoms with Crippen LogP contribution in [0.3, 0.4) is 0 Å². The summed E-state index contributed by atoms with van der Waals surface area (Å²) >= 11 is 0. The Kier molecular flexibility index (Phi) is 4.32. The Morgan fingerprint density at radius 2 is 1.80 bits per heavy atom. The Balaban J connectivity index is 1.48. The summed E-state index contributed by atoms with van der Waals surface area (Å²) in [4.78, 5) is 13.7. The molecule has 3 rings (SSSR count). The predicted molar refractivity (Wildman–Crippen MR) is 78.8 cm³/mol. The van der Waals surface area contributed by atoms with Crippen LogP contribution in [0.4, 0.5) is 0 Å². The van der Waals surface area contributed by atoms with Gasteiger partial charge in [0.05, 0.1) is 0 Å². The van der Waals surface area contributed by atoms with Crippen molar-refractivity contribution in [3.8, 4) is 0 Å². The third-order valence-electron chi connectivity index (χ3n) is 5.58. The van der Waals surface area contributed by atoms with Gasteiger partial charge in [-0.15, -0.1) is 0 Å². The second-order valence-electron chi connectivity index (χ2n) is 7.19. The lowest BCUT2D eigenvalue weighted by Crippen LogP contribution is -2.50. The predicted octanol–water partition coefficient (Wildman–Crippen LogP) is 2.24. The largest absolute Gasteiger partial charge is 0.480 e. The van der Waals surface area contributed by atoms with Gasteiger partial charge >= 0.3 is 5.97 Å². The Morgan fingerprint density at radius 3 is 2.35 bits per heavy atom. The van der Waals surface area contributed by atoms with Crippen LogP contribution in [-0.2, 0) is 4.79 Å². The summed E-state index contributed by atoms with van der Waals surface area (Å²) in [6, 6.07) is 0.0912. The molecule has 1 aliphatic heterocycles. The second kappa shape index (κ2) is 6.02. The van der Waals surface area contributed by atoms with E-state index in [1.807, 2.05) is 0 Å². The van der Waals surface area contributed by atoms with Gasteiger partial charge in [-0.3, -0.25) is 4.79 Å². The zero-order valence-electron chi connectivity index (χ0n) is 12.4. The highest BCUT2D eigenvalue weighted by Crippen LogP contribution is 2.44. The maximum absolute atomic E-state index is 11.3. The van der Waals surface area contributed by atoms with E-state index in [0.29, 0.717) is 18.0 Å². The Hall–Kier alpha value is -0.610. The lowest BCUT2D eigenvalue weighted by atomic mass is 9.68. The molecule has 2 N–H and O–H groups in total. The molecule has 1 spiro atoms. The summed E-state index contributed by atoms with van der Waals surface area (Å²) in [5, 5.41) is 12.6. The van der Waals surface area contributed by atoms with Gasteiger partial charge in [0.25, 0.3) is 0 Å². The summed E-state index contributed by atoms with van der Waals surface area (Å²) in [5.41, 5.74) is 0.609. The fourth-order valence-corrected chi connectivity index (χ4v) is 4.01. The van der Waals surface area contributed by atoms with E-state index >= 15 is 0 Å². The van der Waals surface area contributed by atoms with Crippen LogP contribution in [0.25, 0.3) is 0 Å². The van der Waals surface area contributed by atoms with E-state index in [9.17, 15) is 9.90 Å². The number of rotatable bonds is 5. The van der Waals surface area contributed by atoms with Crippen LogP contribution in [-0.4, -0.2) is 47.7 Å². The molecule has 2 saturated carbocycles. The molecule has 1 atom stereocenters. The average Bonchev–Trinajstić information content (AvgIpc) is 3.26. The molecule has 20 heavy (non-hydrogen) atoms. The number of hydrogen-bond donors (Lipinski definition) is 2. The minimum absolute atomic E-state index is 0.372. The second-order valence-corrected chi connectivity index (χ2v) is 7.19. The van der Waals surface area contributed by atoms with Gasteiger partial charge in [-0.05, 0) is 57.0 Å². The Morgan fingerprint density at radius 1 is 1.15 bits per heavy atom. The van der Waals surface area contributed by atoms with Crippen LogP contribution >= 0.6 is 0 Å². The molecule has 0 aromatic carbocycles. The first-order valence-corrected chi connectivity index (χ1v) is 8.38. The molecule has 1 saturated heterocycles. The van der Waals surface area contributed by atoms with Gasteiger partial charge in [-0.2, -0.15) is 0 Å². The molecule has 0 amide bonds. The smallest absolute Gasteiger partial charge is 0.322 e. The van der Waals surface area contributed by atoms with Crippen molar-refractivity contribution in [2.75, 3.05) is 19.6 Å². The molecule has 114 valence electrons. The van der Waals surface area contributed by atoms with Gasteiger partial charge in [-0.25, -0.2) is 0 Å². The van der Waals surface area contributed by atoms with Gasteiger partial charge in [0.15, 0.2) is 0 Å². The van der Waals surface area contributed by atoms with Gasteiger partial charge < -0.3 is 15.3 Å². The number of hydrogen-bond acceptors (Lipinski definition) is 3. The highest BCUT2D eigenvalue weighted by Gasteiger charge is 2.37. The van der Waals surface area contributed by atoms with Crippen molar-refractivity contribution in [1.82, 2.24) is 10.2 Å². The van der Waals surface area contributed by atoms with Crippen molar-refractivity contribution in [1.29, 1.82) is 0 Å². The lowest BCUT2D eigenvalue weighted by molar-refractivity contribution is -0.140. The summed E-state index contributed by atoms with van der Waals surface area (Å²) < 4.78 is 0. The number of piperidine rings is 1. The van der Waals surface area contributed by atoms with Crippen LogP contribution in [0.5, 0.6) is 0 Å². The molecular weight excluding hydrogens is 252 g/mol. The molecule has 2 aliphatic carbocycles. The SMILES string of the molecule is O=C(O)C(CN1CCC2(CCCCC2)CC1)NC1CC1. The van der Waals surface area contributed by atoms with Gasteiger partial charge in [0, 0.05) is 12.6 Å². The summed E-state index contributed by atoms with van der Waals surface area (Å²) in [6.07, 6.45) is 11.9. The number of nitrogens with zero attached hydrogens (tertiary/aromatic N) is 1. The number of carboxylic acid groups (broad SMARTS) is 1. The maximum Gasteiger partial charge on any atom is 0.322 e. The van der Waals surface area contributed by atoms with Crippen LogP contribution in [0.15, 0.2) is 0 Å². The zero-order valence-corrected chi connectivity index (χ0v) is 12.4. The van der Waals surface area contributed by atoms with Crippen LogP contribution in [0, 0.1) is 5.41 Å². The fraction of sp³-hybridized carbons (Fsp3) is 0.938. The van der Waals surface area contributed by atoms with E-state index < -0.39 is 5.97 Å². The molecule has 0 bridgehead atoms. The summed E-state index contributed by atoms with van der Waals surface area (Å²) in [7, 11) is 0. The molecule has 0 aromatic heterocycles. The van der Waals surface area contributed by atoms with E-state index in [4.69, 9.17) is 0 Å². The third kappa shape index (κ3) is 3.53. The van der Waals surface area contributed by atoms with Crippen molar-refractivity contribution in [2.24, 2.45) is 5.41 Å². The zero-order chi connectivity index (χ0) is 14.0. The van der Waals surface area contributed by atoms with Crippen LogP contribution in [0.1, 0.15) is 57.8 Å². The number of carbonyl (C=O) groups is 1. The first-order chi connectivity index (χ1) is 9.67. The van der Waals surface area contributed by atoms with Crippen LogP contribution < -0.4 is 5.32 Å². The molecule has 0 aromatic rings. The van der Waals surface area contributed by atoms with Gasteiger partial charge in [-0.1, -0.05) is 19.3 Å². The number of aliphatic carboxylic acids is 1. The fourth-order valence-electron chi connectivity index (χ4n) is 4.01. The molecule has 1 heterocycles. The van der Waals surface area contributed by atoms with Gasteiger partial charge in [0.1, 0.15) is 6.04 Å². The highest BCUT2D eigenvalue weighted by molar-refractivity contribution is 5.73. The van der Waals surface area contributed by atoms with E-state index in [2.05, 4.69) is 10.2 Å². The minimum Gasteiger partial charge on any atom is -0.480 e. The molecule has 3 fully saturated rings. The average molecular weight is 280 g/mol. The van der Waals surface area contributed by atoms with Crippen molar-refractivity contribution in [2.45, 2.75) is 69.9 Å². The highest BCUT2D eigenvalue weighted by atomic mass is 16.4. The molecule has 4 nitrogen and oxygen atoms in total. The lowest BCUT2D eigenvalue weighted by Gasteiger charge is -2.44. The van der Waals surface area contributed by atoms with Gasteiger partial charge in [0.2, 0.25) is 0 Å². The standard InChI is InChI=1S/C16H28N2O2/c19-15(20)14(17-13-4-5-13)12-18-10-8-16(9-11-18)6-2-1-3-7-16/h13-14,17H,1-12H2,(H,19,20). The normalized spacial score (nSPS) is 28.4. The monoisotopic (exact) mass is 280 g/mol. The van der Waals surface area contributed by atoms with Crippen molar-refractivity contribution in [3.63, 3.8) is 0 Å². The van der Waals surface area contributed by atoms with Crippen molar-refractivity contribution >= 4 is 5.97 Å². The summed E-state index contributed by atoms with van der Waals surface area (Å²) in [6.45, 7) is 2.87. The first-order valence-electron chi connectivity index (χ1n) is 8.38. The number of likely N-dealkylation sites (tertiary alicyclic amines) is 1. The maximum atomic E-state index is 11.3. The number of nitrogens with one attached hydrogen (secondary N) is 1. The topological polar surface area (TPSA) is 52.6 Å². The van der Waals surface area contributed by atoms with E-state index in [-0.39, 0.29) is 6.04 Å². The molecule has 3 aliphatic rings. The first kappa shape index (κ1) is 14.3. The molecular formula is C16H28N2O2. The minimum atomic E-state index is -0.685. The summed E-state index contributed by atoms with van der Waals surface area (Å²) in [5.74, 6) is -0.685. The third-order valence-corrected chi connectivity index (χ3v) is 5.58. The van der Waals surface area contributed by atoms with E-state index in [1.165, 1.54) is 44.9 Å². The van der Waals surface area contributed by atoms with Crippen LogP contribution in [0.2, 0.25) is 0 Å². The van der Waals surface area contributed by atoms with E-state index in [0.717, 1.165) is 25.9 Å².